The lowest BCUT2D eigenvalue weighted by Gasteiger charge is -2.13. The van der Waals surface area contributed by atoms with Crippen LogP contribution in [-0.2, 0) is 0 Å². The average molecular weight is 270 g/mol. The second-order valence-corrected chi connectivity index (χ2v) is 4.12. The number of methoxy groups -OCH3 is 2. The third-order valence-corrected chi connectivity index (χ3v) is 3.05. The van der Waals surface area contributed by atoms with Crippen molar-refractivity contribution in [1.29, 1.82) is 0 Å². The highest BCUT2D eigenvalue weighted by molar-refractivity contribution is 5.93. The Morgan fingerprint density at radius 3 is 2.20 bits per heavy atom. The summed E-state index contributed by atoms with van der Waals surface area (Å²) < 4.78 is 10.5. The first kappa shape index (κ1) is 13.8. The number of hydrogen-bond donors (Lipinski definition) is 0. The van der Waals surface area contributed by atoms with Gasteiger partial charge in [0.05, 0.1) is 19.8 Å². The minimum Gasteiger partial charge on any atom is -0.497 e. The molecule has 4 heteroatoms. The fraction of sp³-hybridized carbons (Fsp3) is 0.125. The van der Waals surface area contributed by atoms with E-state index in [9.17, 15) is 9.59 Å². The molecule has 0 radical (unpaired) electrons. The van der Waals surface area contributed by atoms with Crippen LogP contribution in [0.25, 0.3) is 11.1 Å². The van der Waals surface area contributed by atoms with Crippen LogP contribution in [0.1, 0.15) is 20.7 Å². The quantitative estimate of drug-likeness (QED) is 0.784. The van der Waals surface area contributed by atoms with Gasteiger partial charge in [0.2, 0.25) is 0 Å². The van der Waals surface area contributed by atoms with Gasteiger partial charge in [-0.15, -0.1) is 0 Å². The predicted octanol–water partition coefficient (Wildman–Crippen LogP) is 3.00. The SMILES string of the molecule is COc1ccc(C=O)c(-c2cccc(C=O)c2OC)c1. The molecule has 2 aromatic rings. The van der Waals surface area contributed by atoms with Crippen LogP contribution in [0.5, 0.6) is 11.5 Å². The Labute approximate surface area is 116 Å². The van der Waals surface area contributed by atoms with Gasteiger partial charge in [-0.05, 0) is 29.8 Å². The Morgan fingerprint density at radius 2 is 1.60 bits per heavy atom. The summed E-state index contributed by atoms with van der Waals surface area (Å²) in [5, 5.41) is 0. The highest BCUT2D eigenvalue weighted by Gasteiger charge is 2.14. The molecule has 0 saturated carbocycles. The highest BCUT2D eigenvalue weighted by Crippen LogP contribution is 2.35. The Balaban J connectivity index is 2.72. The lowest BCUT2D eigenvalue weighted by Crippen LogP contribution is -1.96. The fourth-order valence-electron chi connectivity index (χ4n) is 2.09. The molecule has 102 valence electrons. The summed E-state index contributed by atoms with van der Waals surface area (Å²) >= 11 is 0. The van der Waals surface area contributed by atoms with Crippen LogP contribution >= 0.6 is 0 Å². The van der Waals surface area contributed by atoms with Gasteiger partial charge in [-0.1, -0.05) is 12.1 Å². The van der Waals surface area contributed by atoms with Gasteiger partial charge in [-0.2, -0.15) is 0 Å². The van der Waals surface area contributed by atoms with E-state index >= 15 is 0 Å². The molecule has 2 rings (SSSR count). The summed E-state index contributed by atoms with van der Waals surface area (Å²) in [5.74, 6) is 1.07. The Kier molecular flexibility index (Phi) is 4.15. The third kappa shape index (κ3) is 2.40. The van der Waals surface area contributed by atoms with E-state index in [1.807, 2.05) is 0 Å². The minimum atomic E-state index is 0.435. The van der Waals surface area contributed by atoms with Crippen molar-refractivity contribution >= 4 is 12.6 Å². The van der Waals surface area contributed by atoms with Crippen molar-refractivity contribution in [3.63, 3.8) is 0 Å². The monoisotopic (exact) mass is 270 g/mol. The predicted molar refractivity (Wildman–Crippen MR) is 75.8 cm³/mol. The zero-order chi connectivity index (χ0) is 14.5. The molecule has 0 heterocycles. The van der Waals surface area contributed by atoms with Crippen LogP contribution in [0.4, 0.5) is 0 Å². The molecule has 2 aromatic carbocycles. The van der Waals surface area contributed by atoms with E-state index in [0.717, 1.165) is 12.6 Å². The first-order chi connectivity index (χ1) is 9.74. The number of ether oxygens (including phenoxy) is 2. The highest BCUT2D eigenvalue weighted by atomic mass is 16.5. The van der Waals surface area contributed by atoms with Crippen molar-refractivity contribution < 1.29 is 19.1 Å². The molecular formula is C16H14O4. The van der Waals surface area contributed by atoms with E-state index in [2.05, 4.69) is 0 Å². The van der Waals surface area contributed by atoms with Crippen LogP contribution in [0, 0.1) is 0 Å². The normalized spacial score (nSPS) is 9.90. The van der Waals surface area contributed by atoms with E-state index in [0.29, 0.717) is 33.8 Å². The van der Waals surface area contributed by atoms with E-state index in [1.165, 1.54) is 7.11 Å². The van der Waals surface area contributed by atoms with Gasteiger partial charge >= 0.3 is 0 Å². The fourth-order valence-corrected chi connectivity index (χ4v) is 2.09. The maximum atomic E-state index is 11.2. The van der Waals surface area contributed by atoms with Crippen LogP contribution in [0.15, 0.2) is 36.4 Å². The number of benzene rings is 2. The Hall–Kier alpha value is -2.62. The second kappa shape index (κ2) is 6.02. The maximum absolute atomic E-state index is 11.2. The second-order valence-electron chi connectivity index (χ2n) is 4.12. The molecule has 0 aliphatic carbocycles. The molecule has 0 atom stereocenters. The van der Waals surface area contributed by atoms with Crippen molar-refractivity contribution in [3.8, 4) is 22.6 Å². The van der Waals surface area contributed by atoms with Crippen molar-refractivity contribution in [3.05, 3.63) is 47.5 Å². The number of carbonyl (C=O) groups excluding carboxylic acids is 2. The lowest BCUT2D eigenvalue weighted by atomic mass is 9.97. The number of para-hydroxylation sites is 1. The third-order valence-electron chi connectivity index (χ3n) is 3.05. The summed E-state index contributed by atoms with van der Waals surface area (Å²) in [4.78, 5) is 22.3. The molecule has 0 amide bonds. The molecule has 4 nitrogen and oxygen atoms in total. The molecule has 0 aliphatic rings. The number of aldehydes is 2. The maximum Gasteiger partial charge on any atom is 0.153 e. The largest absolute Gasteiger partial charge is 0.497 e. The van der Waals surface area contributed by atoms with Crippen LogP contribution in [0.3, 0.4) is 0 Å². The zero-order valence-electron chi connectivity index (χ0n) is 11.3. The molecule has 0 spiro atoms. The zero-order valence-corrected chi connectivity index (χ0v) is 11.3. The molecule has 0 bridgehead atoms. The van der Waals surface area contributed by atoms with Crippen LogP contribution < -0.4 is 9.47 Å². The van der Waals surface area contributed by atoms with E-state index in [-0.39, 0.29) is 0 Å². The van der Waals surface area contributed by atoms with Gasteiger partial charge in [0.15, 0.2) is 12.6 Å². The van der Waals surface area contributed by atoms with Crippen molar-refractivity contribution in [2.45, 2.75) is 0 Å². The first-order valence-corrected chi connectivity index (χ1v) is 6.01. The first-order valence-electron chi connectivity index (χ1n) is 6.01. The molecule has 0 N–H and O–H groups in total. The van der Waals surface area contributed by atoms with Gasteiger partial charge in [-0.25, -0.2) is 0 Å². The average Bonchev–Trinajstić information content (AvgIpc) is 2.53. The summed E-state index contributed by atoms with van der Waals surface area (Å²) in [7, 11) is 3.05. The molecular weight excluding hydrogens is 256 g/mol. The van der Waals surface area contributed by atoms with Crippen LogP contribution in [-0.4, -0.2) is 26.8 Å². The van der Waals surface area contributed by atoms with E-state index in [1.54, 1.807) is 43.5 Å². The van der Waals surface area contributed by atoms with Gasteiger partial charge in [0.25, 0.3) is 0 Å². The summed E-state index contributed by atoms with van der Waals surface area (Å²) in [5.41, 5.74) is 2.29. The molecule has 0 unspecified atom stereocenters. The summed E-state index contributed by atoms with van der Waals surface area (Å²) in [6.07, 6.45) is 1.49. The molecule has 20 heavy (non-hydrogen) atoms. The summed E-state index contributed by atoms with van der Waals surface area (Å²) in [6, 6.07) is 10.3. The molecule has 0 aromatic heterocycles. The lowest BCUT2D eigenvalue weighted by molar-refractivity contribution is 0.111. The topological polar surface area (TPSA) is 52.6 Å². The molecule has 0 saturated heterocycles. The van der Waals surface area contributed by atoms with Gasteiger partial charge < -0.3 is 9.47 Å². The number of carbonyl (C=O) groups is 2. The van der Waals surface area contributed by atoms with Crippen molar-refractivity contribution in [2.75, 3.05) is 14.2 Å². The number of rotatable bonds is 5. The molecule has 0 aliphatic heterocycles. The van der Waals surface area contributed by atoms with Gasteiger partial charge in [0.1, 0.15) is 11.5 Å². The smallest absolute Gasteiger partial charge is 0.153 e. The Morgan fingerprint density at radius 1 is 0.850 bits per heavy atom. The molecule has 0 fully saturated rings. The van der Waals surface area contributed by atoms with E-state index in [4.69, 9.17) is 9.47 Å². The number of hydrogen-bond acceptors (Lipinski definition) is 4. The van der Waals surface area contributed by atoms with Crippen molar-refractivity contribution in [1.82, 2.24) is 0 Å². The van der Waals surface area contributed by atoms with Gasteiger partial charge in [-0.3, -0.25) is 9.59 Å². The van der Waals surface area contributed by atoms with Gasteiger partial charge in [0, 0.05) is 11.1 Å². The standard InChI is InChI=1S/C16H14O4/c1-19-13-7-6-11(9-17)15(8-13)14-5-3-4-12(10-18)16(14)20-2/h3-10H,1-2H3. The van der Waals surface area contributed by atoms with Crippen LogP contribution in [0.2, 0.25) is 0 Å². The van der Waals surface area contributed by atoms with E-state index < -0.39 is 0 Å². The Bertz CT molecular complexity index is 647. The van der Waals surface area contributed by atoms with Crippen molar-refractivity contribution in [2.24, 2.45) is 0 Å². The minimum absolute atomic E-state index is 0.435. The summed E-state index contributed by atoms with van der Waals surface area (Å²) in [6.45, 7) is 0.